The third kappa shape index (κ3) is 1.88. The molecule has 0 amide bonds. The van der Waals surface area contributed by atoms with Crippen molar-refractivity contribution in [3.8, 4) is 0 Å². The van der Waals surface area contributed by atoms with E-state index in [1.54, 1.807) is 6.33 Å². The molecule has 19 heavy (non-hydrogen) atoms. The second kappa shape index (κ2) is 4.47. The molecule has 1 fully saturated rings. The molecule has 0 bridgehead atoms. The lowest BCUT2D eigenvalue weighted by atomic mass is 9.88. The molecule has 1 unspecified atom stereocenters. The van der Waals surface area contributed by atoms with Crippen molar-refractivity contribution < 1.29 is 9.90 Å². The van der Waals surface area contributed by atoms with E-state index in [0.717, 1.165) is 55.7 Å². The zero-order valence-corrected chi connectivity index (χ0v) is 11.2. The molecular formula is C14H19N3O2. The zero-order valence-electron chi connectivity index (χ0n) is 11.2. The van der Waals surface area contributed by atoms with Crippen LogP contribution < -0.4 is 4.90 Å². The smallest absolute Gasteiger partial charge is 0.329 e. The number of carboxylic acid groups (broad SMARTS) is 1. The number of carboxylic acids is 1. The Balaban J connectivity index is 2.05. The molecule has 1 aliphatic carbocycles. The molecule has 5 nitrogen and oxygen atoms in total. The molecule has 1 aromatic heterocycles. The van der Waals surface area contributed by atoms with E-state index < -0.39 is 11.5 Å². The number of rotatable bonds is 2. The Morgan fingerprint density at radius 2 is 2.16 bits per heavy atom. The van der Waals surface area contributed by atoms with Crippen LogP contribution in [0.2, 0.25) is 0 Å². The molecule has 2 heterocycles. The van der Waals surface area contributed by atoms with E-state index in [0.29, 0.717) is 6.42 Å². The van der Waals surface area contributed by atoms with Gasteiger partial charge in [-0.15, -0.1) is 0 Å². The van der Waals surface area contributed by atoms with Gasteiger partial charge >= 0.3 is 5.97 Å². The maximum absolute atomic E-state index is 11.7. The number of aryl methyl sites for hydroxylation is 1. The molecule has 1 saturated heterocycles. The number of piperidine rings is 1. The fourth-order valence-corrected chi connectivity index (χ4v) is 3.26. The maximum Gasteiger partial charge on any atom is 0.329 e. The second-order valence-electron chi connectivity index (χ2n) is 5.66. The number of hydrogen-bond donors (Lipinski definition) is 1. The molecule has 102 valence electrons. The quantitative estimate of drug-likeness (QED) is 0.879. The van der Waals surface area contributed by atoms with Crippen molar-refractivity contribution in [2.45, 2.75) is 51.0 Å². The normalized spacial score (nSPS) is 26.3. The van der Waals surface area contributed by atoms with Gasteiger partial charge < -0.3 is 10.0 Å². The summed E-state index contributed by atoms with van der Waals surface area (Å²) in [6.07, 6.45) is 7.31. The van der Waals surface area contributed by atoms with Crippen molar-refractivity contribution in [1.29, 1.82) is 0 Å². The van der Waals surface area contributed by atoms with Crippen molar-refractivity contribution >= 4 is 11.8 Å². The summed E-state index contributed by atoms with van der Waals surface area (Å²) in [7, 11) is 0. The van der Waals surface area contributed by atoms with E-state index >= 15 is 0 Å². The molecule has 3 rings (SSSR count). The number of aliphatic carboxylic acids is 1. The van der Waals surface area contributed by atoms with E-state index in [1.807, 2.05) is 11.8 Å². The highest BCUT2D eigenvalue weighted by molar-refractivity contribution is 5.83. The van der Waals surface area contributed by atoms with Crippen molar-refractivity contribution in [3.05, 3.63) is 17.6 Å². The minimum atomic E-state index is -0.830. The third-order valence-electron chi connectivity index (χ3n) is 4.46. The summed E-state index contributed by atoms with van der Waals surface area (Å²) in [6, 6.07) is 0. The van der Waals surface area contributed by atoms with Crippen LogP contribution in [0.4, 0.5) is 5.82 Å². The molecular weight excluding hydrogens is 242 g/mol. The van der Waals surface area contributed by atoms with Crippen LogP contribution in [0.3, 0.4) is 0 Å². The lowest BCUT2D eigenvalue weighted by Gasteiger charge is -2.43. The largest absolute Gasteiger partial charge is 0.480 e. The van der Waals surface area contributed by atoms with Crippen molar-refractivity contribution in [3.63, 3.8) is 0 Å². The van der Waals surface area contributed by atoms with Gasteiger partial charge in [-0.05, 0) is 45.4 Å². The molecule has 2 aliphatic rings. The predicted molar refractivity (Wildman–Crippen MR) is 71.3 cm³/mol. The number of fused-ring (bicyclic) bond motifs is 1. The van der Waals surface area contributed by atoms with Crippen LogP contribution in [-0.4, -0.2) is 33.1 Å². The number of nitrogens with zero attached hydrogens (tertiary/aromatic N) is 3. The van der Waals surface area contributed by atoms with E-state index in [-0.39, 0.29) is 0 Å². The van der Waals surface area contributed by atoms with E-state index in [9.17, 15) is 9.90 Å². The van der Waals surface area contributed by atoms with E-state index in [4.69, 9.17) is 0 Å². The van der Waals surface area contributed by atoms with Crippen molar-refractivity contribution in [1.82, 2.24) is 9.97 Å². The number of carbonyl (C=O) groups is 1. The summed E-state index contributed by atoms with van der Waals surface area (Å²) in [5.74, 6) is 0.102. The van der Waals surface area contributed by atoms with Gasteiger partial charge in [-0.3, -0.25) is 0 Å². The molecule has 1 N–H and O–H groups in total. The molecule has 0 aromatic carbocycles. The van der Waals surface area contributed by atoms with Gasteiger partial charge in [0.1, 0.15) is 17.7 Å². The first kappa shape index (κ1) is 12.4. The third-order valence-corrected chi connectivity index (χ3v) is 4.46. The van der Waals surface area contributed by atoms with Crippen LogP contribution in [0.25, 0.3) is 0 Å². The van der Waals surface area contributed by atoms with Gasteiger partial charge in [0.05, 0.1) is 0 Å². The molecule has 5 heteroatoms. The second-order valence-corrected chi connectivity index (χ2v) is 5.66. The lowest BCUT2D eigenvalue weighted by molar-refractivity contribution is -0.143. The number of hydrogen-bond acceptors (Lipinski definition) is 4. The minimum absolute atomic E-state index is 0.682. The van der Waals surface area contributed by atoms with Crippen molar-refractivity contribution in [2.75, 3.05) is 11.4 Å². The molecule has 0 radical (unpaired) electrons. The van der Waals surface area contributed by atoms with Crippen LogP contribution in [0.15, 0.2) is 6.33 Å². The van der Waals surface area contributed by atoms with Crippen LogP contribution in [0.5, 0.6) is 0 Å². The highest BCUT2D eigenvalue weighted by Crippen LogP contribution is 2.36. The van der Waals surface area contributed by atoms with Crippen LogP contribution >= 0.6 is 0 Å². The van der Waals surface area contributed by atoms with E-state index in [1.165, 1.54) is 0 Å². The summed E-state index contributed by atoms with van der Waals surface area (Å²) in [6.45, 7) is 2.59. The van der Waals surface area contributed by atoms with Gasteiger partial charge in [0.15, 0.2) is 0 Å². The summed E-state index contributed by atoms with van der Waals surface area (Å²) in [5, 5.41) is 9.59. The first-order valence-corrected chi connectivity index (χ1v) is 6.97. The number of anilines is 1. The number of aromatic nitrogens is 2. The summed E-state index contributed by atoms with van der Waals surface area (Å²) in [5.41, 5.74) is 1.43. The SMILES string of the molecule is CC1(C(=O)O)CCCCN1c1ncnc2c1CCC2. The van der Waals surface area contributed by atoms with E-state index in [2.05, 4.69) is 9.97 Å². The van der Waals surface area contributed by atoms with Crippen molar-refractivity contribution in [2.24, 2.45) is 0 Å². The first-order chi connectivity index (χ1) is 9.13. The Bertz CT molecular complexity index is 517. The molecule has 0 spiro atoms. The lowest BCUT2D eigenvalue weighted by Crippen LogP contribution is -2.56. The van der Waals surface area contributed by atoms with Gasteiger partial charge in [0.25, 0.3) is 0 Å². The van der Waals surface area contributed by atoms with Crippen LogP contribution in [0.1, 0.15) is 43.9 Å². The van der Waals surface area contributed by atoms with Gasteiger partial charge in [-0.2, -0.15) is 0 Å². The Morgan fingerprint density at radius 3 is 2.95 bits per heavy atom. The Labute approximate surface area is 112 Å². The monoisotopic (exact) mass is 261 g/mol. The fraction of sp³-hybridized carbons (Fsp3) is 0.643. The minimum Gasteiger partial charge on any atom is -0.480 e. The fourth-order valence-electron chi connectivity index (χ4n) is 3.26. The predicted octanol–water partition coefficient (Wildman–Crippen LogP) is 1.80. The Morgan fingerprint density at radius 1 is 1.32 bits per heavy atom. The zero-order chi connectivity index (χ0) is 13.5. The standard InChI is InChI=1S/C14H19N3O2/c1-14(13(18)19)7-2-3-8-17(14)12-10-5-4-6-11(10)15-9-16-12/h9H,2-8H2,1H3,(H,18,19). The Kier molecular flexibility index (Phi) is 2.92. The molecule has 1 atom stereocenters. The topological polar surface area (TPSA) is 66.3 Å². The van der Waals surface area contributed by atoms with Gasteiger partial charge in [0, 0.05) is 17.8 Å². The summed E-state index contributed by atoms with van der Waals surface area (Å²) >= 11 is 0. The summed E-state index contributed by atoms with van der Waals surface area (Å²) < 4.78 is 0. The average molecular weight is 261 g/mol. The highest BCUT2D eigenvalue weighted by Gasteiger charge is 2.43. The Hall–Kier alpha value is -1.65. The molecule has 1 aliphatic heterocycles. The van der Waals surface area contributed by atoms with Gasteiger partial charge in [-0.1, -0.05) is 0 Å². The average Bonchev–Trinajstić information content (AvgIpc) is 2.87. The maximum atomic E-state index is 11.7. The molecule has 0 saturated carbocycles. The van der Waals surface area contributed by atoms with Crippen LogP contribution in [0, 0.1) is 0 Å². The summed E-state index contributed by atoms with van der Waals surface area (Å²) in [4.78, 5) is 22.4. The first-order valence-electron chi connectivity index (χ1n) is 6.97. The van der Waals surface area contributed by atoms with Gasteiger partial charge in [-0.25, -0.2) is 14.8 Å². The van der Waals surface area contributed by atoms with Gasteiger partial charge in [0.2, 0.25) is 0 Å². The molecule has 1 aromatic rings. The highest BCUT2D eigenvalue weighted by atomic mass is 16.4. The van der Waals surface area contributed by atoms with Crippen LogP contribution in [-0.2, 0) is 17.6 Å².